The maximum atomic E-state index is 6.97. The van der Waals surface area contributed by atoms with E-state index in [2.05, 4.69) is 126 Å². The summed E-state index contributed by atoms with van der Waals surface area (Å²) in [5.41, 5.74) is 7.30. The van der Waals surface area contributed by atoms with Gasteiger partial charge >= 0.3 is 0 Å². The molecule has 3 heterocycles. The first-order valence-electron chi connectivity index (χ1n) is 18.3. The highest BCUT2D eigenvalue weighted by atomic mass is 32.1. The van der Waals surface area contributed by atoms with Crippen molar-refractivity contribution in [2.75, 3.05) is 4.90 Å². The molecule has 11 aromatic rings. The second-order valence-electron chi connectivity index (χ2n) is 13.6. The number of thiophene rings is 1. The molecule has 6 heteroatoms. The van der Waals surface area contributed by atoms with E-state index in [0.717, 1.165) is 66.5 Å². The number of rotatable bonds is 6. The van der Waals surface area contributed by atoms with Crippen molar-refractivity contribution < 1.29 is 4.42 Å². The number of nitrogens with zero attached hydrogens (tertiary/aromatic N) is 4. The fourth-order valence-corrected chi connectivity index (χ4v) is 8.88. The molecular weight excluding hydrogens is 693 g/mol. The van der Waals surface area contributed by atoms with Gasteiger partial charge in [-0.1, -0.05) is 133 Å². The van der Waals surface area contributed by atoms with Crippen molar-refractivity contribution in [3.05, 3.63) is 182 Å². The topological polar surface area (TPSA) is 55.1 Å². The van der Waals surface area contributed by atoms with Gasteiger partial charge in [-0.05, 0) is 59.3 Å². The lowest BCUT2D eigenvalue weighted by molar-refractivity contribution is 0.669. The van der Waals surface area contributed by atoms with E-state index >= 15 is 0 Å². The fourth-order valence-electron chi connectivity index (χ4n) is 7.67. The highest BCUT2D eigenvalue weighted by molar-refractivity contribution is 7.26. The van der Waals surface area contributed by atoms with E-state index in [-0.39, 0.29) is 0 Å². The van der Waals surface area contributed by atoms with Crippen LogP contribution in [0.25, 0.3) is 87.0 Å². The average molecular weight is 723 g/mol. The molecule has 0 saturated heterocycles. The Bertz CT molecular complexity index is 3150. The van der Waals surface area contributed by atoms with Crippen LogP contribution in [-0.4, -0.2) is 15.0 Å². The molecule has 0 atom stereocenters. The number of benzene rings is 8. The van der Waals surface area contributed by atoms with Crippen LogP contribution in [0.4, 0.5) is 17.1 Å². The lowest BCUT2D eigenvalue weighted by Crippen LogP contribution is -2.11. The van der Waals surface area contributed by atoms with Crippen LogP contribution in [0.1, 0.15) is 0 Å². The molecule has 8 aromatic carbocycles. The molecule has 0 radical (unpaired) electrons. The number of hydrogen-bond acceptors (Lipinski definition) is 6. The number of para-hydroxylation sites is 1. The van der Waals surface area contributed by atoms with Crippen LogP contribution in [0.3, 0.4) is 0 Å². The van der Waals surface area contributed by atoms with Gasteiger partial charge in [0.15, 0.2) is 23.1 Å². The SMILES string of the molecule is c1ccc(-c2nc(-c3ccccc3)nc(-c3cc(N(c4ccccc4)c4cccc5c4sc4ccccc45)c4oc5cc6ccccc6cc5c4c3)n2)cc1. The van der Waals surface area contributed by atoms with Gasteiger partial charge in [-0.15, -0.1) is 11.3 Å². The van der Waals surface area contributed by atoms with Crippen LogP contribution in [0.2, 0.25) is 0 Å². The second kappa shape index (κ2) is 12.8. The Hall–Kier alpha value is -7.15. The summed E-state index contributed by atoms with van der Waals surface area (Å²) in [6, 6.07) is 63.2. The molecule has 5 nitrogen and oxygen atoms in total. The number of furan rings is 1. The molecule has 0 aliphatic rings. The van der Waals surface area contributed by atoms with Crippen LogP contribution < -0.4 is 4.90 Å². The molecule has 0 spiro atoms. The van der Waals surface area contributed by atoms with Crippen molar-refractivity contribution >= 4 is 81.3 Å². The minimum Gasteiger partial charge on any atom is -0.454 e. The van der Waals surface area contributed by atoms with Crippen LogP contribution in [0.15, 0.2) is 186 Å². The smallest absolute Gasteiger partial charge is 0.164 e. The molecule has 0 amide bonds. The molecule has 0 N–H and O–H groups in total. The number of anilines is 3. The van der Waals surface area contributed by atoms with Crippen molar-refractivity contribution in [3.8, 4) is 34.2 Å². The van der Waals surface area contributed by atoms with E-state index < -0.39 is 0 Å². The zero-order valence-electron chi connectivity index (χ0n) is 29.4. The predicted octanol–water partition coefficient (Wildman–Crippen LogP) is 13.8. The molecule has 0 unspecified atom stereocenters. The Morgan fingerprint density at radius 1 is 0.418 bits per heavy atom. The zero-order chi connectivity index (χ0) is 36.3. The lowest BCUT2D eigenvalue weighted by atomic mass is 10.0. The van der Waals surface area contributed by atoms with Crippen molar-refractivity contribution in [2.45, 2.75) is 0 Å². The van der Waals surface area contributed by atoms with Gasteiger partial charge in [0.1, 0.15) is 5.58 Å². The Morgan fingerprint density at radius 2 is 1.00 bits per heavy atom. The molecule has 0 aliphatic carbocycles. The largest absolute Gasteiger partial charge is 0.454 e. The monoisotopic (exact) mass is 722 g/mol. The first kappa shape index (κ1) is 31.4. The first-order valence-corrected chi connectivity index (χ1v) is 19.1. The number of hydrogen-bond donors (Lipinski definition) is 0. The van der Waals surface area contributed by atoms with E-state index in [9.17, 15) is 0 Å². The van der Waals surface area contributed by atoms with E-state index in [1.165, 1.54) is 20.2 Å². The lowest BCUT2D eigenvalue weighted by Gasteiger charge is -2.26. The Kier molecular flexibility index (Phi) is 7.28. The van der Waals surface area contributed by atoms with E-state index in [4.69, 9.17) is 19.4 Å². The molecule has 55 heavy (non-hydrogen) atoms. The van der Waals surface area contributed by atoms with Gasteiger partial charge in [-0.2, -0.15) is 0 Å². The summed E-state index contributed by atoms with van der Waals surface area (Å²) in [6.07, 6.45) is 0. The Morgan fingerprint density at radius 3 is 1.71 bits per heavy atom. The summed E-state index contributed by atoms with van der Waals surface area (Å²) in [7, 11) is 0. The maximum Gasteiger partial charge on any atom is 0.164 e. The molecule has 3 aromatic heterocycles. The second-order valence-corrected chi connectivity index (χ2v) is 14.7. The molecule has 0 saturated carbocycles. The van der Waals surface area contributed by atoms with Crippen LogP contribution in [0.5, 0.6) is 0 Å². The van der Waals surface area contributed by atoms with Crippen molar-refractivity contribution in [1.29, 1.82) is 0 Å². The Balaban J connectivity index is 1.25. The number of fused-ring (bicyclic) bond motifs is 7. The Labute approximate surface area is 320 Å². The van der Waals surface area contributed by atoms with Crippen LogP contribution >= 0.6 is 11.3 Å². The average Bonchev–Trinajstić information content (AvgIpc) is 3.82. The van der Waals surface area contributed by atoms with Crippen molar-refractivity contribution in [3.63, 3.8) is 0 Å². The number of aromatic nitrogens is 3. The normalized spacial score (nSPS) is 11.6. The maximum absolute atomic E-state index is 6.97. The van der Waals surface area contributed by atoms with Gasteiger partial charge in [-0.3, -0.25) is 0 Å². The van der Waals surface area contributed by atoms with Gasteiger partial charge in [0.2, 0.25) is 0 Å². The molecule has 11 rings (SSSR count). The van der Waals surface area contributed by atoms with Crippen molar-refractivity contribution in [2.24, 2.45) is 0 Å². The summed E-state index contributed by atoms with van der Waals surface area (Å²) in [5, 5.41) is 6.77. The quantitative estimate of drug-likeness (QED) is 0.171. The third-order valence-corrected chi connectivity index (χ3v) is 11.5. The predicted molar refractivity (Wildman–Crippen MR) is 228 cm³/mol. The van der Waals surface area contributed by atoms with E-state index in [0.29, 0.717) is 17.5 Å². The minimum atomic E-state index is 0.582. The third-order valence-electron chi connectivity index (χ3n) is 10.3. The summed E-state index contributed by atoms with van der Waals surface area (Å²) >= 11 is 1.81. The van der Waals surface area contributed by atoms with Crippen molar-refractivity contribution in [1.82, 2.24) is 15.0 Å². The minimum absolute atomic E-state index is 0.582. The van der Waals surface area contributed by atoms with Gasteiger partial charge < -0.3 is 9.32 Å². The first-order chi connectivity index (χ1) is 27.2. The van der Waals surface area contributed by atoms with Gasteiger partial charge in [-0.25, -0.2) is 15.0 Å². The summed E-state index contributed by atoms with van der Waals surface area (Å²) < 4.78 is 9.42. The van der Waals surface area contributed by atoms with Crippen LogP contribution in [0, 0.1) is 0 Å². The van der Waals surface area contributed by atoms with Crippen LogP contribution in [-0.2, 0) is 0 Å². The molecule has 0 bridgehead atoms. The summed E-state index contributed by atoms with van der Waals surface area (Å²) in [6.45, 7) is 0. The summed E-state index contributed by atoms with van der Waals surface area (Å²) in [4.78, 5) is 17.7. The standard InChI is InChI=1S/C49H30N4OS/c1-4-15-31(16-5-1)47-50-48(32-17-6-2-7-18-32)52-49(51-47)35-28-40-39-27-33-19-10-11-20-34(33)30-43(39)54-45(40)42(29-35)53(36-21-8-3-9-22-36)41-25-14-24-38-37-23-12-13-26-44(37)55-46(38)41/h1-30H. The highest BCUT2D eigenvalue weighted by Gasteiger charge is 2.25. The molecule has 0 aliphatic heterocycles. The van der Waals surface area contributed by atoms with E-state index in [1.54, 1.807) is 0 Å². The molecular formula is C49H30N4OS. The highest BCUT2D eigenvalue weighted by Crippen LogP contribution is 2.49. The molecule has 258 valence electrons. The van der Waals surface area contributed by atoms with Gasteiger partial charge in [0.25, 0.3) is 0 Å². The molecule has 0 fully saturated rings. The van der Waals surface area contributed by atoms with E-state index in [1.807, 2.05) is 72.0 Å². The van der Waals surface area contributed by atoms with Gasteiger partial charge in [0, 0.05) is 48.6 Å². The zero-order valence-corrected chi connectivity index (χ0v) is 30.2. The fraction of sp³-hybridized carbons (Fsp3) is 0. The van der Waals surface area contributed by atoms with Gasteiger partial charge in [0.05, 0.1) is 16.1 Å². The summed E-state index contributed by atoms with van der Waals surface area (Å²) in [5.74, 6) is 1.81. The third kappa shape index (κ3) is 5.34.